The third kappa shape index (κ3) is 5.63. The van der Waals surface area contributed by atoms with Crippen molar-refractivity contribution >= 4 is 18.1 Å². The number of ether oxygens (including phenoxy) is 5. The Bertz CT molecular complexity index is 1170. The van der Waals surface area contributed by atoms with E-state index < -0.39 is 11.9 Å². The fourth-order valence-electron chi connectivity index (χ4n) is 3.02. The van der Waals surface area contributed by atoms with E-state index in [2.05, 4.69) is 10.5 Å². The molecule has 0 saturated carbocycles. The standard InChI is InChI=1S/C25H24N2O7/c1-30-20-12-16(10-11-19(20)34-25(29)17-8-6-5-7-9-17)15-26-27-24(28)18-13-21(31-2)23(33-4)22(14-18)32-3/h5-15H,1-4H3,(H,27,28)/b26-15+. The number of nitrogens with one attached hydrogen (secondary N) is 1. The Morgan fingerprint density at radius 2 is 1.38 bits per heavy atom. The molecule has 176 valence electrons. The summed E-state index contributed by atoms with van der Waals surface area (Å²) in [5.41, 5.74) is 3.75. The summed E-state index contributed by atoms with van der Waals surface area (Å²) in [6.07, 6.45) is 1.43. The molecule has 34 heavy (non-hydrogen) atoms. The van der Waals surface area contributed by atoms with Crippen molar-refractivity contribution in [1.82, 2.24) is 5.43 Å². The molecule has 0 aliphatic carbocycles. The molecule has 3 rings (SSSR count). The second-order valence-electron chi connectivity index (χ2n) is 6.78. The average molecular weight is 464 g/mol. The van der Waals surface area contributed by atoms with E-state index in [0.29, 0.717) is 34.1 Å². The topological polar surface area (TPSA) is 105 Å². The highest BCUT2D eigenvalue weighted by molar-refractivity contribution is 5.96. The number of hydrogen-bond donors (Lipinski definition) is 1. The first-order valence-electron chi connectivity index (χ1n) is 10.1. The van der Waals surface area contributed by atoms with Crippen LogP contribution in [0.4, 0.5) is 0 Å². The molecule has 0 saturated heterocycles. The number of hydrazone groups is 1. The van der Waals surface area contributed by atoms with Gasteiger partial charge < -0.3 is 23.7 Å². The number of hydrogen-bond acceptors (Lipinski definition) is 8. The van der Waals surface area contributed by atoms with Crippen molar-refractivity contribution in [2.45, 2.75) is 0 Å². The van der Waals surface area contributed by atoms with Gasteiger partial charge in [0.2, 0.25) is 5.75 Å². The third-order valence-electron chi connectivity index (χ3n) is 4.71. The number of carbonyl (C=O) groups is 2. The number of carbonyl (C=O) groups excluding carboxylic acids is 2. The van der Waals surface area contributed by atoms with Crippen molar-refractivity contribution < 1.29 is 33.3 Å². The molecule has 0 heterocycles. The smallest absolute Gasteiger partial charge is 0.343 e. The number of benzene rings is 3. The summed E-state index contributed by atoms with van der Waals surface area (Å²) in [7, 11) is 5.87. The minimum absolute atomic E-state index is 0.259. The molecule has 9 nitrogen and oxygen atoms in total. The largest absolute Gasteiger partial charge is 0.493 e. The van der Waals surface area contributed by atoms with Gasteiger partial charge in [-0.05, 0) is 48.0 Å². The zero-order valence-electron chi connectivity index (χ0n) is 19.2. The first-order chi connectivity index (χ1) is 16.5. The van der Waals surface area contributed by atoms with E-state index in [9.17, 15) is 9.59 Å². The van der Waals surface area contributed by atoms with Crippen LogP contribution in [-0.4, -0.2) is 46.5 Å². The van der Waals surface area contributed by atoms with Gasteiger partial charge in [0.1, 0.15) is 0 Å². The van der Waals surface area contributed by atoms with Crippen molar-refractivity contribution in [3.8, 4) is 28.7 Å². The highest BCUT2D eigenvalue weighted by Crippen LogP contribution is 2.38. The Hall–Kier alpha value is -4.53. The van der Waals surface area contributed by atoms with Gasteiger partial charge in [-0.25, -0.2) is 10.2 Å². The zero-order valence-corrected chi connectivity index (χ0v) is 19.2. The van der Waals surface area contributed by atoms with Crippen LogP contribution in [0.5, 0.6) is 28.7 Å². The van der Waals surface area contributed by atoms with Crippen LogP contribution in [0.1, 0.15) is 26.3 Å². The van der Waals surface area contributed by atoms with E-state index in [1.54, 1.807) is 42.5 Å². The average Bonchev–Trinajstić information content (AvgIpc) is 2.88. The maximum atomic E-state index is 12.5. The van der Waals surface area contributed by atoms with Gasteiger partial charge in [-0.1, -0.05) is 18.2 Å². The molecule has 1 amide bonds. The lowest BCUT2D eigenvalue weighted by Crippen LogP contribution is -2.18. The molecule has 0 spiro atoms. The maximum Gasteiger partial charge on any atom is 0.343 e. The molecule has 0 unspecified atom stereocenters. The van der Waals surface area contributed by atoms with Crippen molar-refractivity contribution in [1.29, 1.82) is 0 Å². The van der Waals surface area contributed by atoms with E-state index in [4.69, 9.17) is 23.7 Å². The van der Waals surface area contributed by atoms with E-state index in [1.165, 1.54) is 46.8 Å². The third-order valence-corrected chi connectivity index (χ3v) is 4.71. The first-order valence-corrected chi connectivity index (χ1v) is 10.1. The lowest BCUT2D eigenvalue weighted by molar-refractivity contribution is 0.0729. The van der Waals surface area contributed by atoms with Crippen LogP contribution in [0.15, 0.2) is 65.8 Å². The lowest BCUT2D eigenvalue weighted by Gasteiger charge is -2.13. The first kappa shape index (κ1) is 24.1. The molecule has 3 aromatic carbocycles. The van der Waals surface area contributed by atoms with Crippen LogP contribution in [0.3, 0.4) is 0 Å². The molecular formula is C25H24N2O7. The minimum Gasteiger partial charge on any atom is -0.493 e. The van der Waals surface area contributed by atoms with Gasteiger partial charge in [-0.3, -0.25) is 4.79 Å². The predicted molar refractivity (Wildman–Crippen MR) is 126 cm³/mol. The second-order valence-corrected chi connectivity index (χ2v) is 6.78. The Morgan fingerprint density at radius 1 is 0.735 bits per heavy atom. The SMILES string of the molecule is COc1cc(/C=N/NC(=O)c2cc(OC)c(OC)c(OC)c2)ccc1OC(=O)c1ccccc1. The van der Waals surface area contributed by atoms with Crippen LogP contribution in [0, 0.1) is 0 Å². The number of amides is 1. The summed E-state index contributed by atoms with van der Waals surface area (Å²) in [4.78, 5) is 24.8. The Labute approximate surface area is 196 Å². The van der Waals surface area contributed by atoms with Gasteiger partial charge in [0.05, 0.1) is 40.2 Å². The summed E-state index contributed by atoms with van der Waals surface area (Å²) in [5, 5.41) is 3.98. The van der Waals surface area contributed by atoms with Crippen molar-refractivity contribution in [3.05, 3.63) is 77.4 Å². The van der Waals surface area contributed by atoms with Crippen LogP contribution >= 0.6 is 0 Å². The summed E-state index contributed by atoms with van der Waals surface area (Å²) in [6.45, 7) is 0. The molecule has 0 atom stereocenters. The molecule has 0 fully saturated rings. The molecule has 3 aromatic rings. The van der Waals surface area contributed by atoms with Gasteiger partial charge in [0.15, 0.2) is 23.0 Å². The number of methoxy groups -OCH3 is 4. The van der Waals surface area contributed by atoms with Crippen LogP contribution < -0.4 is 29.1 Å². The predicted octanol–water partition coefficient (Wildman–Crippen LogP) is 3.70. The normalized spacial score (nSPS) is 10.5. The molecule has 0 aromatic heterocycles. The van der Waals surface area contributed by atoms with Gasteiger partial charge in [0.25, 0.3) is 5.91 Å². The number of nitrogens with zero attached hydrogens (tertiary/aromatic N) is 1. The molecule has 0 radical (unpaired) electrons. The van der Waals surface area contributed by atoms with Crippen LogP contribution in [0.2, 0.25) is 0 Å². The number of rotatable bonds is 9. The zero-order chi connectivity index (χ0) is 24.5. The highest BCUT2D eigenvalue weighted by Gasteiger charge is 2.17. The maximum absolute atomic E-state index is 12.5. The summed E-state index contributed by atoms with van der Waals surface area (Å²) in [5.74, 6) is 0.695. The van der Waals surface area contributed by atoms with Gasteiger partial charge >= 0.3 is 5.97 Å². The Balaban J connectivity index is 1.71. The van der Waals surface area contributed by atoms with Crippen molar-refractivity contribution in [3.63, 3.8) is 0 Å². The van der Waals surface area contributed by atoms with Crippen LogP contribution in [0.25, 0.3) is 0 Å². The number of esters is 1. The summed E-state index contributed by atoms with van der Waals surface area (Å²) >= 11 is 0. The summed E-state index contributed by atoms with van der Waals surface area (Å²) in [6, 6.07) is 16.6. The molecule has 0 aliphatic rings. The van der Waals surface area contributed by atoms with Gasteiger partial charge in [-0.2, -0.15) is 5.10 Å². The molecular weight excluding hydrogens is 440 g/mol. The Kier molecular flexibility index (Phi) is 8.07. The summed E-state index contributed by atoms with van der Waals surface area (Å²) < 4.78 is 26.5. The molecule has 0 aliphatic heterocycles. The Morgan fingerprint density at radius 3 is 1.97 bits per heavy atom. The molecule has 9 heteroatoms. The quantitative estimate of drug-likeness (QED) is 0.223. The van der Waals surface area contributed by atoms with Crippen molar-refractivity contribution in [2.24, 2.45) is 5.10 Å². The van der Waals surface area contributed by atoms with Gasteiger partial charge in [0, 0.05) is 5.56 Å². The van der Waals surface area contributed by atoms with Crippen LogP contribution in [-0.2, 0) is 0 Å². The van der Waals surface area contributed by atoms with E-state index in [0.717, 1.165) is 0 Å². The van der Waals surface area contributed by atoms with E-state index >= 15 is 0 Å². The molecule has 1 N–H and O–H groups in total. The lowest BCUT2D eigenvalue weighted by atomic mass is 10.1. The van der Waals surface area contributed by atoms with E-state index in [-0.39, 0.29) is 11.3 Å². The van der Waals surface area contributed by atoms with Crippen molar-refractivity contribution in [2.75, 3.05) is 28.4 Å². The fourth-order valence-corrected chi connectivity index (χ4v) is 3.02. The fraction of sp³-hybridized carbons (Fsp3) is 0.160. The molecule has 0 bridgehead atoms. The monoisotopic (exact) mass is 464 g/mol. The van der Waals surface area contributed by atoms with Gasteiger partial charge in [-0.15, -0.1) is 0 Å². The second kappa shape index (κ2) is 11.4. The minimum atomic E-state index is -0.502. The van der Waals surface area contributed by atoms with E-state index in [1.807, 2.05) is 6.07 Å². The highest BCUT2D eigenvalue weighted by atomic mass is 16.6.